The van der Waals surface area contributed by atoms with Crippen LogP contribution in [0.25, 0.3) is 0 Å². The third-order valence-corrected chi connectivity index (χ3v) is 11.3. The number of carbonyl (C=O) groups excluding carboxylic acids is 1. The summed E-state index contributed by atoms with van der Waals surface area (Å²) in [5, 5.41) is 20.3. The number of ketones is 1. The standard InChI is InChI=1S/C30H43N3O3/c1-4-30-13-12-29(35,19-36-5-2)15-20(30)6-7-23-24-8-9-26(28(24,3)11-10-25(23)30)27(34)14-21-17-33-22(16-31)18-32-21/h17-18,20,23-26,35H,4-15,19H2,1-3H3/t20-,23+,24+,25+,26-,28+,29-,30+/m1/s1. The Kier molecular flexibility index (Phi) is 7.02. The molecule has 8 atom stereocenters. The molecule has 0 amide bonds. The van der Waals surface area contributed by atoms with Crippen molar-refractivity contribution in [1.29, 1.82) is 5.26 Å². The molecule has 5 rings (SSSR count). The smallest absolute Gasteiger partial charge is 0.158 e. The molecule has 1 aromatic heterocycles. The molecule has 6 heteroatoms. The maximum Gasteiger partial charge on any atom is 0.158 e. The molecule has 36 heavy (non-hydrogen) atoms. The molecule has 4 aliphatic rings. The van der Waals surface area contributed by atoms with Crippen molar-refractivity contribution >= 4 is 5.78 Å². The molecule has 4 aliphatic carbocycles. The maximum atomic E-state index is 13.5. The largest absolute Gasteiger partial charge is 0.387 e. The Morgan fingerprint density at radius 3 is 2.64 bits per heavy atom. The first-order chi connectivity index (χ1) is 17.3. The van der Waals surface area contributed by atoms with Crippen LogP contribution in [0.3, 0.4) is 0 Å². The van der Waals surface area contributed by atoms with E-state index >= 15 is 0 Å². The minimum Gasteiger partial charge on any atom is -0.387 e. The van der Waals surface area contributed by atoms with E-state index in [1.165, 1.54) is 31.9 Å². The van der Waals surface area contributed by atoms with E-state index in [0.717, 1.165) is 38.5 Å². The molecule has 4 saturated carbocycles. The molecule has 0 saturated heterocycles. The van der Waals surface area contributed by atoms with Crippen LogP contribution in [0, 0.1) is 51.8 Å². The number of rotatable bonds is 7. The van der Waals surface area contributed by atoms with E-state index < -0.39 is 5.60 Å². The van der Waals surface area contributed by atoms with Crippen molar-refractivity contribution in [3.8, 4) is 6.07 Å². The molecule has 0 aliphatic heterocycles. The number of ether oxygens (including phenoxy) is 1. The zero-order valence-electron chi connectivity index (χ0n) is 22.3. The van der Waals surface area contributed by atoms with Crippen LogP contribution in [-0.2, 0) is 16.0 Å². The van der Waals surface area contributed by atoms with Crippen LogP contribution in [0.2, 0.25) is 0 Å². The highest BCUT2D eigenvalue weighted by Crippen LogP contribution is 2.69. The summed E-state index contributed by atoms with van der Waals surface area (Å²) < 4.78 is 5.68. The summed E-state index contributed by atoms with van der Waals surface area (Å²) >= 11 is 0. The number of hydrogen-bond donors (Lipinski definition) is 1. The molecule has 1 N–H and O–H groups in total. The molecular weight excluding hydrogens is 450 g/mol. The van der Waals surface area contributed by atoms with Crippen LogP contribution in [0.5, 0.6) is 0 Å². The molecule has 4 fully saturated rings. The third kappa shape index (κ3) is 4.21. The fraction of sp³-hybridized carbons (Fsp3) is 0.800. The summed E-state index contributed by atoms with van der Waals surface area (Å²) in [6.45, 7) is 7.93. The fourth-order valence-corrected chi connectivity index (χ4v) is 9.59. The van der Waals surface area contributed by atoms with Gasteiger partial charge < -0.3 is 9.84 Å². The first kappa shape index (κ1) is 25.8. The summed E-state index contributed by atoms with van der Waals surface area (Å²) in [7, 11) is 0. The number of carbonyl (C=O) groups is 1. The van der Waals surface area contributed by atoms with Gasteiger partial charge in [-0.3, -0.25) is 9.78 Å². The van der Waals surface area contributed by atoms with E-state index in [9.17, 15) is 9.90 Å². The average molecular weight is 494 g/mol. The first-order valence-corrected chi connectivity index (χ1v) is 14.3. The number of aromatic nitrogens is 2. The Morgan fingerprint density at radius 2 is 1.94 bits per heavy atom. The Morgan fingerprint density at radius 1 is 1.11 bits per heavy atom. The van der Waals surface area contributed by atoms with Crippen LogP contribution in [-0.4, -0.2) is 39.7 Å². The second-order valence-electron chi connectivity index (χ2n) is 12.6. The predicted molar refractivity (Wildman–Crippen MR) is 137 cm³/mol. The fourth-order valence-electron chi connectivity index (χ4n) is 9.59. The normalized spacial score (nSPS) is 41.6. The van der Waals surface area contributed by atoms with Gasteiger partial charge in [0.05, 0.1) is 36.7 Å². The molecule has 6 nitrogen and oxygen atoms in total. The highest BCUT2D eigenvalue weighted by Gasteiger charge is 2.62. The highest BCUT2D eigenvalue weighted by atomic mass is 16.5. The van der Waals surface area contributed by atoms with Crippen LogP contribution >= 0.6 is 0 Å². The minimum absolute atomic E-state index is 0.0738. The zero-order chi connectivity index (χ0) is 25.6. The SMILES string of the molecule is CCOC[C@@]1(O)CC[C@@]2(CC)[C@H](CC[C@H]3[C@@H]4CC[C@H](C(=O)Cc5cnc(C#N)cn5)[C@@]4(C)CC[C@@H]32)C1. The number of aliphatic hydroxyl groups is 1. The molecule has 0 spiro atoms. The molecule has 0 aromatic carbocycles. The molecule has 0 bridgehead atoms. The van der Waals surface area contributed by atoms with E-state index in [-0.39, 0.29) is 17.0 Å². The van der Waals surface area contributed by atoms with Crippen molar-refractivity contribution in [2.24, 2.45) is 40.4 Å². The van der Waals surface area contributed by atoms with Crippen molar-refractivity contribution in [3.05, 3.63) is 23.8 Å². The summed E-state index contributed by atoms with van der Waals surface area (Å²) in [5.41, 5.74) is 0.714. The lowest BCUT2D eigenvalue weighted by atomic mass is 9.42. The second-order valence-corrected chi connectivity index (χ2v) is 12.6. The van der Waals surface area contributed by atoms with Gasteiger partial charge in [0, 0.05) is 12.5 Å². The highest BCUT2D eigenvalue weighted by molar-refractivity contribution is 5.84. The molecule has 0 radical (unpaired) electrons. The average Bonchev–Trinajstić information content (AvgIpc) is 3.25. The Labute approximate surface area is 216 Å². The van der Waals surface area contributed by atoms with Gasteiger partial charge in [-0.1, -0.05) is 13.8 Å². The van der Waals surface area contributed by atoms with Gasteiger partial charge in [-0.15, -0.1) is 0 Å². The summed E-state index contributed by atoms with van der Waals surface area (Å²) in [4.78, 5) is 21.9. The lowest BCUT2D eigenvalue weighted by Gasteiger charge is -2.63. The molecule has 1 heterocycles. The van der Waals surface area contributed by atoms with Crippen molar-refractivity contribution in [3.63, 3.8) is 0 Å². The Balaban J connectivity index is 1.31. The van der Waals surface area contributed by atoms with Crippen molar-refractivity contribution in [2.75, 3.05) is 13.2 Å². The molecule has 0 unspecified atom stereocenters. The Bertz CT molecular complexity index is 1010. The van der Waals surface area contributed by atoms with Gasteiger partial charge in [0.2, 0.25) is 0 Å². The lowest BCUT2D eigenvalue weighted by Crippen LogP contribution is -2.57. The van der Waals surface area contributed by atoms with Crippen LogP contribution in [0.4, 0.5) is 0 Å². The maximum absolute atomic E-state index is 13.5. The predicted octanol–water partition coefficient (Wildman–Crippen LogP) is 5.28. The van der Waals surface area contributed by atoms with Gasteiger partial charge in [-0.2, -0.15) is 5.26 Å². The van der Waals surface area contributed by atoms with Gasteiger partial charge in [0.1, 0.15) is 11.9 Å². The van der Waals surface area contributed by atoms with Gasteiger partial charge in [-0.25, -0.2) is 4.98 Å². The number of nitrogens with zero attached hydrogens (tertiary/aromatic N) is 3. The van der Waals surface area contributed by atoms with Crippen LogP contribution in [0.1, 0.15) is 96.4 Å². The van der Waals surface area contributed by atoms with Crippen LogP contribution < -0.4 is 0 Å². The van der Waals surface area contributed by atoms with E-state index in [1.54, 1.807) is 6.20 Å². The zero-order valence-corrected chi connectivity index (χ0v) is 22.3. The number of nitriles is 1. The van der Waals surface area contributed by atoms with E-state index in [0.29, 0.717) is 60.2 Å². The summed E-state index contributed by atoms with van der Waals surface area (Å²) in [5.74, 6) is 3.01. The van der Waals surface area contributed by atoms with Gasteiger partial charge in [0.25, 0.3) is 0 Å². The van der Waals surface area contributed by atoms with Gasteiger partial charge >= 0.3 is 0 Å². The van der Waals surface area contributed by atoms with E-state index in [2.05, 4.69) is 23.8 Å². The Hall–Kier alpha value is -1.84. The van der Waals surface area contributed by atoms with Gasteiger partial charge in [-0.05, 0) is 106 Å². The number of fused-ring (bicyclic) bond motifs is 5. The van der Waals surface area contributed by atoms with E-state index in [4.69, 9.17) is 10.00 Å². The second kappa shape index (κ2) is 9.80. The van der Waals surface area contributed by atoms with Crippen molar-refractivity contribution < 1.29 is 14.6 Å². The third-order valence-electron chi connectivity index (χ3n) is 11.3. The quantitative estimate of drug-likeness (QED) is 0.555. The monoisotopic (exact) mass is 493 g/mol. The first-order valence-electron chi connectivity index (χ1n) is 14.3. The molecule has 1 aromatic rings. The molecular formula is C30H43N3O3. The van der Waals surface area contributed by atoms with Crippen molar-refractivity contribution in [2.45, 2.75) is 97.0 Å². The van der Waals surface area contributed by atoms with Crippen molar-refractivity contribution in [1.82, 2.24) is 9.97 Å². The summed E-state index contributed by atoms with van der Waals surface area (Å²) in [6.07, 6.45) is 14.4. The number of Topliss-reactive ketones (excluding diaryl/α,β-unsaturated/α-hetero) is 1. The topological polar surface area (TPSA) is 96.1 Å². The molecule has 196 valence electrons. The summed E-state index contributed by atoms with van der Waals surface area (Å²) in [6, 6.07) is 1.99. The van der Waals surface area contributed by atoms with Crippen LogP contribution in [0.15, 0.2) is 12.4 Å². The minimum atomic E-state index is -0.658. The van der Waals surface area contributed by atoms with Gasteiger partial charge in [0.15, 0.2) is 5.69 Å². The lowest BCUT2D eigenvalue weighted by molar-refractivity contribution is -0.173. The van der Waals surface area contributed by atoms with E-state index in [1.807, 2.05) is 13.0 Å². The number of hydrogen-bond acceptors (Lipinski definition) is 6.